The van der Waals surface area contributed by atoms with Crippen LogP contribution in [0.1, 0.15) is 40.5 Å². The summed E-state index contributed by atoms with van der Waals surface area (Å²) in [6, 6.07) is 0. The fourth-order valence-corrected chi connectivity index (χ4v) is 1.93. The Bertz CT molecular complexity index is 266. The van der Waals surface area contributed by atoms with Gasteiger partial charge in [0, 0.05) is 0 Å². The van der Waals surface area contributed by atoms with E-state index in [1.54, 1.807) is 0 Å². The summed E-state index contributed by atoms with van der Waals surface area (Å²) in [6.45, 7) is 9.12. The Kier molecular flexibility index (Phi) is 4.87. The van der Waals surface area contributed by atoms with Crippen LogP contribution in [0.3, 0.4) is 0 Å². The summed E-state index contributed by atoms with van der Waals surface area (Å²) in [4.78, 5) is 0. The van der Waals surface area contributed by atoms with E-state index in [2.05, 4.69) is 58.1 Å². The molecule has 0 radical (unpaired) electrons. The van der Waals surface area contributed by atoms with Gasteiger partial charge in [0.15, 0.2) is 0 Å². The molecule has 0 amide bonds. The highest BCUT2D eigenvalue weighted by Crippen LogP contribution is 2.23. The van der Waals surface area contributed by atoms with Crippen LogP contribution in [0.2, 0.25) is 0 Å². The molecule has 0 aliphatic heterocycles. The van der Waals surface area contributed by atoms with Gasteiger partial charge in [-0.1, -0.05) is 56.7 Å². The van der Waals surface area contributed by atoms with Gasteiger partial charge in [-0.2, -0.15) is 0 Å². The normalized spacial score (nSPS) is 35.7. The zero-order chi connectivity index (χ0) is 11.3. The Morgan fingerprint density at radius 2 is 1.93 bits per heavy atom. The molecule has 0 aromatic carbocycles. The van der Waals surface area contributed by atoms with Crippen molar-refractivity contribution in [3.05, 3.63) is 36.0 Å². The van der Waals surface area contributed by atoms with Gasteiger partial charge < -0.3 is 0 Å². The molecule has 0 saturated heterocycles. The fourth-order valence-electron chi connectivity index (χ4n) is 1.93. The van der Waals surface area contributed by atoms with E-state index in [1.165, 1.54) is 18.4 Å². The van der Waals surface area contributed by atoms with Gasteiger partial charge in [-0.25, -0.2) is 0 Å². The van der Waals surface area contributed by atoms with Gasteiger partial charge >= 0.3 is 0 Å². The third-order valence-electron chi connectivity index (χ3n) is 3.22. The van der Waals surface area contributed by atoms with Crippen LogP contribution in [0.5, 0.6) is 0 Å². The highest BCUT2D eigenvalue weighted by molar-refractivity contribution is 5.22. The van der Waals surface area contributed by atoms with Crippen LogP contribution in [-0.2, 0) is 0 Å². The zero-order valence-corrected chi connectivity index (χ0v) is 10.5. The quantitative estimate of drug-likeness (QED) is 0.578. The maximum atomic E-state index is 2.39. The van der Waals surface area contributed by atoms with Crippen molar-refractivity contribution in [1.29, 1.82) is 0 Å². The minimum absolute atomic E-state index is 0.710. The zero-order valence-electron chi connectivity index (χ0n) is 10.5. The average Bonchev–Trinajstić information content (AvgIpc) is 2.16. The molecule has 0 N–H and O–H groups in total. The van der Waals surface area contributed by atoms with E-state index in [0.717, 1.165) is 11.8 Å². The number of hydrogen-bond acceptors (Lipinski definition) is 0. The highest BCUT2D eigenvalue weighted by Gasteiger charge is 2.11. The van der Waals surface area contributed by atoms with Crippen LogP contribution >= 0.6 is 0 Å². The molecule has 15 heavy (non-hydrogen) atoms. The molecular formula is C15H24. The molecule has 0 heterocycles. The van der Waals surface area contributed by atoms with E-state index in [1.807, 2.05) is 0 Å². The second-order valence-electron chi connectivity index (χ2n) is 5.12. The van der Waals surface area contributed by atoms with Crippen LogP contribution in [0, 0.1) is 17.8 Å². The standard InChI is InChI=1S/C15H24/c1-12(2)15-10-8-13(3)6-5-7-14(4)9-11-15/h5-8,10,12,14-15H,9,11H2,1-4H3/b7-5+,10-8+,13-6-/t14?,15-/m0/s1. The monoisotopic (exact) mass is 204 g/mol. The van der Waals surface area contributed by atoms with Crippen molar-refractivity contribution in [3.8, 4) is 0 Å². The largest absolute Gasteiger partial charge is 0.0817 e. The molecule has 0 fully saturated rings. The van der Waals surface area contributed by atoms with Crippen LogP contribution in [0.15, 0.2) is 36.0 Å². The van der Waals surface area contributed by atoms with Crippen molar-refractivity contribution in [3.63, 3.8) is 0 Å². The van der Waals surface area contributed by atoms with E-state index in [9.17, 15) is 0 Å². The second kappa shape index (κ2) is 5.95. The summed E-state index contributed by atoms with van der Waals surface area (Å²) in [5.41, 5.74) is 1.35. The highest BCUT2D eigenvalue weighted by atomic mass is 14.2. The van der Waals surface area contributed by atoms with Crippen LogP contribution in [0.4, 0.5) is 0 Å². The molecule has 1 unspecified atom stereocenters. The van der Waals surface area contributed by atoms with E-state index >= 15 is 0 Å². The molecule has 0 heteroatoms. The van der Waals surface area contributed by atoms with Crippen LogP contribution < -0.4 is 0 Å². The van der Waals surface area contributed by atoms with Gasteiger partial charge in [0.1, 0.15) is 0 Å². The Balaban J connectivity index is 2.78. The van der Waals surface area contributed by atoms with Crippen molar-refractivity contribution in [2.45, 2.75) is 40.5 Å². The average molecular weight is 204 g/mol. The molecule has 0 aromatic heterocycles. The van der Waals surface area contributed by atoms with E-state index in [4.69, 9.17) is 0 Å². The third kappa shape index (κ3) is 4.51. The Morgan fingerprint density at radius 1 is 1.20 bits per heavy atom. The topological polar surface area (TPSA) is 0 Å². The van der Waals surface area contributed by atoms with Gasteiger partial charge in [0.2, 0.25) is 0 Å². The minimum Gasteiger partial charge on any atom is -0.0817 e. The summed E-state index contributed by atoms with van der Waals surface area (Å²) in [5.74, 6) is 2.20. The van der Waals surface area contributed by atoms with Gasteiger partial charge in [-0.05, 0) is 37.5 Å². The van der Waals surface area contributed by atoms with Gasteiger partial charge in [-0.15, -0.1) is 0 Å². The Labute approximate surface area is 94.8 Å². The van der Waals surface area contributed by atoms with Crippen molar-refractivity contribution >= 4 is 0 Å². The van der Waals surface area contributed by atoms with E-state index < -0.39 is 0 Å². The van der Waals surface area contributed by atoms with Gasteiger partial charge in [0.25, 0.3) is 0 Å². The lowest BCUT2D eigenvalue weighted by Crippen LogP contribution is -2.07. The molecule has 1 aliphatic carbocycles. The first-order valence-electron chi connectivity index (χ1n) is 6.13. The third-order valence-corrected chi connectivity index (χ3v) is 3.22. The molecule has 0 aromatic rings. The summed E-state index contributed by atoms with van der Waals surface area (Å²) in [6.07, 6.45) is 14.0. The maximum absolute atomic E-state index is 2.39. The molecule has 84 valence electrons. The molecule has 2 atom stereocenters. The molecule has 0 nitrogen and oxygen atoms in total. The Hall–Kier alpha value is -0.780. The summed E-state index contributed by atoms with van der Waals surface area (Å²) in [5, 5.41) is 0. The first-order valence-corrected chi connectivity index (χ1v) is 6.13. The molecule has 1 aliphatic rings. The second-order valence-corrected chi connectivity index (χ2v) is 5.12. The lowest BCUT2D eigenvalue weighted by molar-refractivity contribution is 0.404. The lowest BCUT2D eigenvalue weighted by Gasteiger charge is -2.19. The van der Waals surface area contributed by atoms with E-state index in [-0.39, 0.29) is 0 Å². The molecule has 1 rings (SSSR count). The fraction of sp³-hybridized carbons (Fsp3) is 0.600. The summed E-state index contributed by atoms with van der Waals surface area (Å²) in [7, 11) is 0. The predicted octanol–water partition coefficient (Wildman–Crippen LogP) is 4.75. The minimum atomic E-state index is 0.710. The molecule has 0 saturated carbocycles. The first-order chi connectivity index (χ1) is 7.09. The number of allylic oxidation sites excluding steroid dienone is 6. The number of rotatable bonds is 1. The predicted molar refractivity (Wildman–Crippen MR) is 68.8 cm³/mol. The van der Waals surface area contributed by atoms with Crippen molar-refractivity contribution < 1.29 is 0 Å². The van der Waals surface area contributed by atoms with Crippen molar-refractivity contribution in [2.75, 3.05) is 0 Å². The molecule has 0 bridgehead atoms. The summed E-state index contributed by atoms with van der Waals surface area (Å²) < 4.78 is 0. The van der Waals surface area contributed by atoms with Gasteiger partial charge in [-0.3, -0.25) is 0 Å². The maximum Gasteiger partial charge on any atom is -0.0207 e. The van der Waals surface area contributed by atoms with E-state index in [0.29, 0.717) is 5.92 Å². The van der Waals surface area contributed by atoms with Gasteiger partial charge in [0.05, 0.1) is 0 Å². The number of hydrogen-bond donors (Lipinski definition) is 0. The Morgan fingerprint density at radius 3 is 2.60 bits per heavy atom. The van der Waals surface area contributed by atoms with Crippen molar-refractivity contribution in [2.24, 2.45) is 17.8 Å². The molecular weight excluding hydrogens is 180 g/mol. The SMILES string of the molecule is CC1=C/C=C/C(C)CC[C@@H](C(C)C)\C=C\1. The van der Waals surface area contributed by atoms with Crippen molar-refractivity contribution in [1.82, 2.24) is 0 Å². The van der Waals surface area contributed by atoms with Crippen LogP contribution in [0.25, 0.3) is 0 Å². The lowest BCUT2D eigenvalue weighted by atomic mass is 9.87. The first kappa shape index (κ1) is 12.3. The van der Waals surface area contributed by atoms with Crippen LogP contribution in [-0.4, -0.2) is 0 Å². The molecule has 0 spiro atoms. The smallest absolute Gasteiger partial charge is 0.0207 e. The summed E-state index contributed by atoms with van der Waals surface area (Å²) >= 11 is 0.